The largest absolute Gasteiger partial charge is 0.497 e. The average Bonchev–Trinajstić information content (AvgIpc) is 2.67. The molecule has 2 aromatic carbocycles. The van der Waals surface area contributed by atoms with E-state index in [9.17, 15) is 10.1 Å². The van der Waals surface area contributed by atoms with Crippen LogP contribution in [0.25, 0.3) is 6.08 Å². The lowest BCUT2D eigenvalue weighted by molar-refractivity contribution is -0.112. The van der Waals surface area contributed by atoms with Gasteiger partial charge in [-0.05, 0) is 48.0 Å². The van der Waals surface area contributed by atoms with Crippen LogP contribution in [0.3, 0.4) is 0 Å². The second-order valence-electron chi connectivity index (χ2n) is 5.08. The molecule has 2 rings (SSSR count). The van der Waals surface area contributed by atoms with Crippen LogP contribution in [0.5, 0.6) is 17.2 Å². The SMILES string of the molecule is COc1ccc(NC(=O)/C(C#N)=C/c2cc(OC)c(OC)cc2Br)cc1. The number of hydrogen-bond acceptors (Lipinski definition) is 5. The lowest BCUT2D eigenvalue weighted by Crippen LogP contribution is -2.13. The van der Waals surface area contributed by atoms with Gasteiger partial charge in [-0.3, -0.25) is 4.79 Å². The van der Waals surface area contributed by atoms with Gasteiger partial charge in [0, 0.05) is 10.2 Å². The summed E-state index contributed by atoms with van der Waals surface area (Å²) in [5.41, 5.74) is 1.13. The second kappa shape index (κ2) is 8.92. The van der Waals surface area contributed by atoms with E-state index in [1.165, 1.54) is 20.3 Å². The van der Waals surface area contributed by atoms with E-state index in [-0.39, 0.29) is 5.57 Å². The number of methoxy groups -OCH3 is 3. The van der Waals surface area contributed by atoms with Crippen LogP contribution in [-0.2, 0) is 4.79 Å². The van der Waals surface area contributed by atoms with E-state index in [4.69, 9.17) is 14.2 Å². The number of halogens is 1. The Kier molecular flexibility index (Phi) is 6.64. The standard InChI is InChI=1S/C19H17BrN2O4/c1-24-15-6-4-14(5-7-15)22-19(23)13(11-21)8-12-9-17(25-2)18(26-3)10-16(12)20/h4-10H,1-3H3,(H,22,23)/b13-8+. The molecule has 2 aromatic rings. The summed E-state index contributed by atoms with van der Waals surface area (Å²) in [5.74, 6) is 1.19. The number of nitriles is 1. The van der Waals surface area contributed by atoms with E-state index in [1.54, 1.807) is 43.5 Å². The third-order valence-corrected chi connectivity index (χ3v) is 4.20. The smallest absolute Gasteiger partial charge is 0.266 e. The molecule has 0 aromatic heterocycles. The van der Waals surface area contributed by atoms with Crippen molar-refractivity contribution in [1.82, 2.24) is 0 Å². The fourth-order valence-electron chi connectivity index (χ4n) is 2.16. The number of carbonyl (C=O) groups excluding carboxylic acids is 1. The Morgan fingerprint density at radius 2 is 1.69 bits per heavy atom. The van der Waals surface area contributed by atoms with Crippen molar-refractivity contribution in [1.29, 1.82) is 5.26 Å². The molecule has 0 saturated carbocycles. The van der Waals surface area contributed by atoms with Gasteiger partial charge in [-0.2, -0.15) is 5.26 Å². The number of amides is 1. The van der Waals surface area contributed by atoms with Crippen LogP contribution in [0.1, 0.15) is 5.56 Å². The van der Waals surface area contributed by atoms with E-state index < -0.39 is 5.91 Å². The minimum Gasteiger partial charge on any atom is -0.497 e. The number of benzene rings is 2. The van der Waals surface area contributed by atoms with Gasteiger partial charge in [0.15, 0.2) is 11.5 Å². The molecule has 0 aliphatic heterocycles. The summed E-state index contributed by atoms with van der Waals surface area (Å²) < 4.78 is 16.2. The third kappa shape index (κ3) is 4.55. The zero-order valence-electron chi connectivity index (χ0n) is 14.5. The molecule has 1 N–H and O–H groups in total. The first-order valence-electron chi connectivity index (χ1n) is 7.51. The lowest BCUT2D eigenvalue weighted by Gasteiger charge is -2.10. The first kappa shape index (κ1) is 19.3. The summed E-state index contributed by atoms with van der Waals surface area (Å²) in [5, 5.41) is 12.0. The first-order valence-corrected chi connectivity index (χ1v) is 8.30. The van der Waals surface area contributed by atoms with Gasteiger partial charge in [-0.15, -0.1) is 0 Å². The van der Waals surface area contributed by atoms with Crippen molar-refractivity contribution in [3.8, 4) is 23.3 Å². The fraction of sp³-hybridized carbons (Fsp3) is 0.158. The molecule has 6 nitrogen and oxygen atoms in total. The van der Waals surface area contributed by atoms with Crippen LogP contribution in [-0.4, -0.2) is 27.2 Å². The van der Waals surface area contributed by atoms with Gasteiger partial charge in [-0.25, -0.2) is 0 Å². The minimum atomic E-state index is -0.514. The molecule has 1 amide bonds. The predicted molar refractivity (Wildman–Crippen MR) is 102 cm³/mol. The monoisotopic (exact) mass is 416 g/mol. The molecule has 0 bridgehead atoms. The maximum absolute atomic E-state index is 12.4. The van der Waals surface area contributed by atoms with Gasteiger partial charge in [0.2, 0.25) is 0 Å². The Labute approximate surface area is 160 Å². The van der Waals surface area contributed by atoms with E-state index in [1.807, 2.05) is 6.07 Å². The second-order valence-corrected chi connectivity index (χ2v) is 5.94. The molecule has 0 saturated heterocycles. The van der Waals surface area contributed by atoms with Gasteiger partial charge < -0.3 is 19.5 Å². The number of anilines is 1. The molecule has 134 valence electrons. The number of nitrogens with one attached hydrogen (secondary N) is 1. The van der Waals surface area contributed by atoms with Crippen LogP contribution < -0.4 is 19.5 Å². The van der Waals surface area contributed by atoms with Crippen LogP contribution in [0.15, 0.2) is 46.4 Å². The van der Waals surface area contributed by atoms with Crippen molar-refractivity contribution >= 4 is 33.6 Å². The van der Waals surface area contributed by atoms with Crippen LogP contribution in [0.2, 0.25) is 0 Å². The molecule has 0 heterocycles. The molecule has 0 spiro atoms. The van der Waals surface area contributed by atoms with E-state index in [2.05, 4.69) is 21.2 Å². The Balaban J connectivity index is 2.29. The molecule has 0 aliphatic carbocycles. The van der Waals surface area contributed by atoms with Crippen LogP contribution in [0, 0.1) is 11.3 Å². The van der Waals surface area contributed by atoms with Gasteiger partial charge in [0.25, 0.3) is 5.91 Å². The highest BCUT2D eigenvalue weighted by Crippen LogP contribution is 2.34. The summed E-state index contributed by atoms with van der Waals surface area (Å²) in [6.07, 6.45) is 1.48. The Bertz CT molecular complexity index is 870. The number of ether oxygens (including phenoxy) is 3. The van der Waals surface area contributed by atoms with Crippen molar-refractivity contribution in [3.63, 3.8) is 0 Å². The van der Waals surface area contributed by atoms with Crippen LogP contribution in [0.4, 0.5) is 5.69 Å². The predicted octanol–water partition coefficient (Wildman–Crippen LogP) is 4.02. The van der Waals surface area contributed by atoms with Crippen molar-refractivity contribution in [2.75, 3.05) is 26.6 Å². The van der Waals surface area contributed by atoms with Gasteiger partial charge in [0.1, 0.15) is 17.4 Å². The van der Waals surface area contributed by atoms with E-state index in [0.29, 0.717) is 33.0 Å². The highest BCUT2D eigenvalue weighted by atomic mass is 79.9. The Hall–Kier alpha value is -2.98. The lowest BCUT2D eigenvalue weighted by atomic mass is 10.1. The van der Waals surface area contributed by atoms with Crippen molar-refractivity contribution < 1.29 is 19.0 Å². The van der Waals surface area contributed by atoms with Gasteiger partial charge >= 0.3 is 0 Å². The molecule has 0 fully saturated rings. The molecule has 0 unspecified atom stereocenters. The van der Waals surface area contributed by atoms with E-state index in [0.717, 1.165) is 0 Å². The summed E-state index contributed by atoms with van der Waals surface area (Å²) in [6.45, 7) is 0. The zero-order chi connectivity index (χ0) is 19.1. The highest BCUT2D eigenvalue weighted by molar-refractivity contribution is 9.10. The normalized spacial score (nSPS) is 10.7. The summed E-state index contributed by atoms with van der Waals surface area (Å²) in [4.78, 5) is 12.4. The van der Waals surface area contributed by atoms with Crippen molar-refractivity contribution in [2.45, 2.75) is 0 Å². The fourth-order valence-corrected chi connectivity index (χ4v) is 2.59. The minimum absolute atomic E-state index is 0.0475. The Morgan fingerprint density at radius 1 is 1.08 bits per heavy atom. The molecule has 0 aliphatic rings. The summed E-state index contributed by atoms with van der Waals surface area (Å²) in [6, 6.07) is 12.1. The topological polar surface area (TPSA) is 80.6 Å². The molecular weight excluding hydrogens is 400 g/mol. The van der Waals surface area contributed by atoms with Gasteiger partial charge in [-0.1, -0.05) is 15.9 Å². The third-order valence-electron chi connectivity index (χ3n) is 3.52. The number of nitrogens with zero attached hydrogens (tertiary/aromatic N) is 1. The molecule has 26 heavy (non-hydrogen) atoms. The maximum Gasteiger partial charge on any atom is 0.266 e. The zero-order valence-corrected chi connectivity index (χ0v) is 16.1. The maximum atomic E-state index is 12.4. The molecule has 0 atom stereocenters. The quantitative estimate of drug-likeness (QED) is 0.567. The highest BCUT2D eigenvalue weighted by Gasteiger charge is 2.13. The number of carbonyl (C=O) groups is 1. The van der Waals surface area contributed by atoms with Crippen molar-refractivity contribution in [3.05, 3.63) is 52.0 Å². The molecule has 0 radical (unpaired) electrons. The number of hydrogen-bond donors (Lipinski definition) is 1. The average molecular weight is 417 g/mol. The first-order chi connectivity index (χ1) is 12.5. The number of rotatable bonds is 6. The summed E-state index contributed by atoms with van der Waals surface area (Å²) >= 11 is 3.41. The molecule has 7 heteroatoms. The van der Waals surface area contributed by atoms with Gasteiger partial charge in [0.05, 0.1) is 21.3 Å². The summed E-state index contributed by atoms with van der Waals surface area (Å²) in [7, 11) is 4.61. The van der Waals surface area contributed by atoms with E-state index >= 15 is 0 Å². The Morgan fingerprint density at radius 3 is 2.23 bits per heavy atom. The van der Waals surface area contributed by atoms with Crippen molar-refractivity contribution in [2.24, 2.45) is 0 Å². The van der Waals surface area contributed by atoms with Crippen LogP contribution >= 0.6 is 15.9 Å². The molecular formula is C19H17BrN2O4.